The summed E-state index contributed by atoms with van der Waals surface area (Å²) in [4.78, 5) is 37.9. The second-order valence-electron chi connectivity index (χ2n) is 6.52. The van der Waals surface area contributed by atoms with Gasteiger partial charge < -0.3 is 19.7 Å². The monoisotopic (exact) mass is 515 g/mol. The molecule has 3 N–H and O–H groups in total. The van der Waals surface area contributed by atoms with E-state index in [2.05, 4.69) is 20.7 Å². The predicted octanol–water partition coefficient (Wildman–Crippen LogP) is 0.267. The van der Waals surface area contributed by atoms with Crippen LogP contribution in [0.1, 0.15) is 6.92 Å². The molecule has 0 bridgehead atoms. The Labute approximate surface area is 190 Å². The molecule has 3 rings (SSSR count). The molecule has 32 heavy (non-hydrogen) atoms. The zero-order chi connectivity index (χ0) is 23.8. The van der Waals surface area contributed by atoms with Crippen molar-refractivity contribution in [1.29, 1.82) is 0 Å². The van der Waals surface area contributed by atoms with Gasteiger partial charge in [-0.15, -0.1) is 30.0 Å². The van der Waals surface area contributed by atoms with Gasteiger partial charge in [-0.3, -0.25) is 19.6 Å². The molecule has 3 heterocycles. The van der Waals surface area contributed by atoms with E-state index in [0.717, 1.165) is 23.8 Å². The molecule has 1 saturated heterocycles. The number of thioether (sulfide) groups is 2. The van der Waals surface area contributed by atoms with Crippen molar-refractivity contribution in [2.45, 2.75) is 33.8 Å². The van der Waals surface area contributed by atoms with Gasteiger partial charge in [-0.05, 0) is 12.5 Å². The van der Waals surface area contributed by atoms with E-state index in [1.807, 2.05) is 0 Å². The normalized spacial score (nSPS) is 25.1. The molecule has 0 aromatic carbocycles. The average molecular weight is 516 g/mol. The number of aromatic amines is 1. The Bertz CT molecular complexity index is 946. The first-order chi connectivity index (χ1) is 14.9. The lowest BCUT2D eigenvalue weighted by atomic mass is 9.97. The van der Waals surface area contributed by atoms with Crippen LogP contribution in [0.2, 0.25) is 0 Å². The largest absolute Gasteiger partial charge is 0.609 e. The minimum Gasteiger partial charge on any atom is -0.609 e. The first-order valence-corrected chi connectivity index (χ1v) is 11.9. The minimum absolute atomic E-state index is 0.140. The molecule has 1 aromatic heterocycles. The van der Waals surface area contributed by atoms with Crippen LogP contribution in [0.3, 0.4) is 0 Å². The maximum atomic E-state index is 12.9. The van der Waals surface area contributed by atoms with E-state index in [4.69, 9.17) is 4.74 Å². The summed E-state index contributed by atoms with van der Waals surface area (Å²) in [6, 6.07) is 0. The number of nitrogens with one attached hydrogen (secondary N) is 2. The zero-order valence-corrected chi connectivity index (χ0v) is 18.8. The maximum absolute atomic E-state index is 12.9. The Kier molecular flexibility index (Phi) is 7.04. The Morgan fingerprint density at radius 1 is 1.59 bits per heavy atom. The number of aliphatic carboxylic acids is 1. The number of carboxylic acid groups (broad SMARTS) is 1. The number of rotatable bonds is 8. The van der Waals surface area contributed by atoms with E-state index in [1.54, 1.807) is 6.92 Å². The van der Waals surface area contributed by atoms with Crippen LogP contribution in [0.25, 0.3) is 0 Å². The summed E-state index contributed by atoms with van der Waals surface area (Å²) < 4.78 is 53.8. The third kappa shape index (κ3) is 4.43. The molecule has 2 aliphatic heterocycles. The van der Waals surface area contributed by atoms with E-state index < -0.39 is 56.6 Å². The van der Waals surface area contributed by atoms with Gasteiger partial charge in [0.25, 0.3) is 17.5 Å². The molecule has 0 radical (unpaired) electrons. The molecule has 1 aromatic rings. The molecule has 0 aliphatic carbocycles. The third-order valence-electron chi connectivity index (χ3n) is 4.62. The van der Waals surface area contributed by atoms with E-state index in [1.165, 1.54) is 18.0 Å². The van der Waals surface area contributed by atoms with Crippen molar-refractivity contribution >= 4 is 52.5 Å². The third-order valence-corrected chi connectivity index (χ3v) is 8.08. The summed E-state index contributed by atoms with van der Waals surface area (Å²) in [6.07, 6.45) is 1.45. The fourth-order valence-electron chi connectivity index (χ4n) is 3.16. The van der Waals surface area contributed by atoms with Gasteiger partial charge in [-0.2, -0.15) is 0 Å². The number of amides is 2. The number of methoxy groups -OCH3 is 1. The average Bonchev–Trinajstić information content (AvgIpc) is 3.22. The SMILES string of the molecule is CO[C@@]1(NC(=O)C[S+]([O-])C(F)(F)F)C(=O)N2C(C(=O)O)=C(C(C)Sc3cnn[nH]3)CS[C@H]21. The van der Waals surface area contributed by atoms with Crippen LogP contribution < -0.4 is 5.32 Å². The highest BCUT2D eigenvalue weighted by molar-refractivity contribution is 8.01. The van der Waals surface area contributed by atoms with E-state index >= 15 is 0 Å². The number of fused-ring (bicyclic) bond motifs is 1. The van der Waals surface area contributed by atoms with Gasteiger partial charge >= 0.3 is 11.5 Å². The van der Waals surface area contributed by atoms with Crippen molar-refractivity contribution in [3.63, 3.8) is 0 Å². The predicted molar refractivity (Wildman–Crippen MR) is 106 cm³/mol. The van der Waals surface area contributed by atoms with Gasteiger partial charge in [-0.1, -0.05) is 17.0 Å². The Balaban J connectivity index is 1.82. The molecule has 1 fully saturated rings. The number of carbonyl (C=O) groups is 3. The molecule has 0 spiro atoms. The van der Waals surface area contributed by atoms with Crippen molar-refractivity contribution in [1.82, 2.24) is 25.6 Å². The summed E-state index contributed by atoms with van der Waals surface area (Å²) in [5.41, 5.74) is -7.06. The van der Waals surface area contributed by atoms with Crippen LogP contribution in [0.5, 0.6) is 0 Å². The number of ether oxygens (including phenoxy) is 1. The summed E-state index contributed by atoms with van der Waals surface area (Å²) >= 11 is -1.15. The van der Waals surface area contributed by atoms with Crippen LogP contribution in [0, 0.1) is 0 Å². The van der Waals surface area contributed by atoms with E-state index in [0.29, 0.717) is 10.6 Å². The Hall–Kier alpha value is -1.95. The summed E-state index contributed by atoms with van der Waals surface area (Å²) in [5.74, 6) is -4.95. The van der Waals surface area contributed by atoms with Crippen LogP contribution in [0.4, 0.5) is 13.2 Å². The molecule has 2 aliphatic rings. The molecular weight excluding hydrogens is 499 g/mol. The second-order valence-corrected chi connectivity index (χ2v) is 10.4. The molecule has 2 amide bonds. The van der Waals surface area contributed by atoms with Crippen LogP contribution in [-0.4, -0.2) is 88.2 Å². The van der Waals surface area contributed by atoms with Gasteiger partial charge in [0.2, 0.25) is 0 Å². The number of hydrogen-bond donors (Lipinski definition) is 3. The molecule has 4 atom stereocenters. The smallest absolute Gasteiger partial charge is 0.573 e. The van der Waals surface area contributed by atoms with Crippen molar-refractivity contribution in [3.05, 3.63) is 17.5 Å². The van der Waals surface area contributed by atoms with Crippen LogP contribution in [-0.2, 0) is 30.3 Å². The van der Waals surface area contributed by atoms with E-state index in [-0.39, 0.29) is 11.4 Å². The lowest BCUT2D eigenvalue weighted by molar-refractivity contribution is -0.192. The number of hydrogen-bond acceptors (Lipinski definition) is 9. The van der Waals surface area contributed by atoms with Crippen molar-refractivity contribution in [2.24, 2.45) is 0 Å². The minimum atomic E-state index is -5.10. The lowest BCUT2D eigenvalue weighted by Gasteiger charge is -2.56. The maximum Gasteiger partial charge on any atom is 0.573 e. The molecule has 11 nitrogen and oxygen atoms in total. The number of alkyl halides is 3. The highest BCUT2D eigenvalue weighted by atomic mass is 32.2. The van der Waals surface area contributed by atoms with Gasteiger partial charge in [-0.25, -0.2) is 4.79 Å². The number of halogens is 3. The Morgan fingerprint density at radius 3 is 2.81 bits per heavy atom. The molecular formula is C15H16F3N5O6S3. The van der Waals surface area contributed by atoms with Gasteiger partial charge in [0.1, 0.15) is 16.1 Å². The number of carbonyl (C=O) groups excluding carboxylic acids is 2. The number of H-pyrrole nitrogens is 1. The second kappa shape index (κ2) is 9.12. The van der Waals surface area contributed by atoms with Gasteiger partial charge in [0.05, 0.1) is 17.4 Å². The van der Waals surface area contributed by atoms with Crippen molar-refractivity contribution < 1.29 is 42.0 Å². The van der Waals surface area contributed by atoms with Crippen molar-refractivity contribution in [3.8, 4) is 0 Å². The number of carboxylic acids is 1. The molecule has 176 valence electrons. The molecule has 0 saturated carbocycles. The Morgan fingerprint density at radius 2 is 2.28 bits per heavy atom. The summed E-state index contributed by atoms with van der Waals surface area (Å²) in [6.45, 7) is 1.73. The molecule has 17 heteroatoms. The number of β-lactam (4-membered cyclic amide) rings is 1. The van der Waals surface area contributed by atoms with E-state index in [9.17, 15) is 37.2 Å². The highest BCUT2D eigenvalue weighted by Crippen LogP contribution is 2.48. The fraction of sp³-hybridized carbons (Fsp3) is 0.533. The standard InChI is InChI=1S/C15H16F3N5O6S3/c1-6(31-9-3-19-22-21-9)7-4-30-13-14(29-2,12(27)23(13)10(7)11(25)26)20-8(24)5-32(28)15(16,17)18/h3,6,13H,4-5H2,1-2H3,(H,20,24)(H,25,26)(H,19,21,22)/t6?,13-,14-,32?/m0/s1. The first-order valence-electron chi connectivity index (χ1n) is 8.68. The zero-order valence-electron chi connectivity index (χ0n) is 16.3. The summed E-state index contributed by atoms with van der Waals surface area (Å²) in [5, 5.41) is 20.8. The lowest BCUT2D eigenvalue weighted by Crippen LogP contribution is -2.81. The quantitative estimate of drug-likeness (QED) is 0.190. The highest BCUT2D eigenvalue weighted by Gasteiger charge is 2.67. The fourth-order valence-corrected chi connectivity index (χ4v) is 6.23. The number of aromatic nitrogens is 3. The molecule has 2 unspecified atom stereocenters. The van der Waals surface area contributed by atoms with Gasteiger partial charge in [0.15, 0.2) is 5.75 Å². The van der Waals surface area contributed by atoms with Crippen molar-refractivity contribution in [2.75, 3.05) is 18.6 Å². The summed E-state index contributed by atoms with van der Waals surface area (Å²) in [7, 11) is 1.06. The van der Waals surface area contributed by atoms with Gasteiger partial charge in [0, 0.05) is 18.1 Å². The van der Waals surface area contributed by atoms with Crippen LogP contribution in [0.15, 0.2) is 22.5 Å². The number of nitrogens with zero attached hydrogens (tertiary/aromatic N) is 3. The van der Waals surface area contributed by atoms with Crippen LogP contribution >= 0.6 is 23.5 Å². The first kappa shape index (κ1) is 24.7. The topological polar surface area (TPSA) is 161 Å².